The van der Waals surface area contributed by atoms with E-state index in [0.717, 1.165) is 28.9 Å². The zero-order chi connectivity index (χ0) is 23.0. The lowest BCUT2D eigenvalue weighted by molar-refractivity contribution is -0.126. The number of phenols is 1. The highest BCUT2D eigenvalue weighted by Gasteiger charge is 2.35. The number of rotatable bonds is 9. The zero-order valence-electron chi connectivity index (χ0n) is 19.4. The summed E-state index contributed by atoms with van der Waals surface area (Å²) >= 11 is 0. The molecule has 2 aromatic rings. The van der Waals surface area contributed by atoms with Crippen LogP contribution in [0.15, 0.2) is 36.4 Å². The van der Waals surface area contributed by atoms with Crippen LogP contribution in [0, 0.1) is 19.8 Å². The van der Waals surface area contributed by atoms with E-state index in [1.165, 1.54) is 0 Å². The number of hydrogen-bond acceptors (Lipinski definition) is 5. The number of carbonyl (C=O) groups is 2. The first-order chi connectivity index (χ1) is 14.6. The Morgan fingerprint density at radius 2 is 1.69 bits per heavy atom. The van der Waals surface area contributed by atoms with Crippen LogP contribution >= 0.6 is 12.4 Å². The fraction of sp³-hybridized carbons (Fsp3) is 0.458. The van der Waals surface area contributed by atoms with Gasteiger partial charge in [0.15, 0.2) is 0 Å². The van der Waals surface area contributed by atoms with Gasteiger partial charge < -0.3 is 20.5 Å². The monoisotopic (exact) mass is 463 g/mol. The number of phenolic OH excluding ortho intramolecular Hbond substituents is 1. The normalized spacial score (nSPS) is 12.4. The van der Waals surface area contributed by atoms with Crippen LogP contribution in [-0.4, -0.2) is 34.2 Å². The summed E-state index contributed by atoms with van der Waals surface area (Å²) in [6.07, 6.45) is 0.419. The van der Waals surface area contributed by atoms with Gasteiger partial charge in [0.2, 0.25) is 5.91 Å². The minimum absolute atomic E-state index is 0. The second-order valence-corrected chi connectivity index (χ2v) is 8.57. The van der Waals surface area contributed by atoms with E-state index < -0.39 is 11.6 Å². The topological polar surface area (TPSA) is 101 Å². The molecule has 2 amide bonds. The van der Waals surface area contributed by atoms with Crippen molar-refractivity contribution in [3.05, 3.63) is 58.9 Å². The molecule has 2 rings (SSSR count). The lowest BCUT2D eigenvalue weighted by atomic mass is 9.91. The number of halogens is 1. The van der Waals surface area contributed by atoms with E-state index in [1.54, 1.807) is 31.2 Å². The highest BCUT2D eigenvalue weighted by molar-refractivity contribution is 5.89. The second kappa shape index (κ2) is 12.3. The molecule has 3 N–H and O–H groups in total. The maximum atomic E-state index is 13.0. The number of aryl methyl sites for hydroxylation is 2. The minimum Gasteiger partial charge on any atom is -0.508 e. The van der Waals surface area contributed by atoms with Crippen molar-refractivity contribution in [3.8, 4) is 5.75 Å². The number of alkyl carbamates (subject to hydrolysis) is 1. The van der Waals surface area contributed by atoms with E-state index in [-0.39, 0.29) is 37.1 Å². The molecule has 0 aliphatic rings. The number of aromatic hydroxyl groups is 1. The first-order valence-electron chi connectivity index (χ1n) is 10.5. The third-order valence-corrected chi connectivity index (χ3v) is 4.89. The van der Waals surface area contributed by atoms with Crippen molar-refractivity contribution in [2.24, 2.45) is 5.92 Å². The third kappa shape index (κ3) is 8.75. The van der Waals surface area contributed by atoms with Gasteiger partial charge >= 0.3 is 6.09 Å². The van der Waals surface area contributed by atoms with Gasteiger partial charge in [-0.1, -0.05) is 26.0 Å². The van der Waals surface area contributed by atoms with Crippen molar-refractivity contribution in [2.45, 2.75) is 59.6 Å². The summed E-state index contributed by atoms with van der Waals surface area (Å²) in [6.45, 7) is 10.2. The molecule has 0 aliphatic heterocycles. The SMILES string of the molecule is Cc1cc(COC(=O)N[C@@](C)(Cc2ccc(O)cc2)C(=O)NCCC(C)C)cc(C)n1.Cl. The Morgan fingerprint density at radius 3 is 2.25 bits per heavy atom. The fourth-order valence-corrected chi connectivity index (χ4v) is 3.29. The van der Waals surface area contributed by atoms with E-state index in [0.29, 0.717) is 12.5 Å². The first-order valence-corrected chi connectivity index (χ1v) is 10.5. The van der Waals surface area contributed by atoms with Crippen LogP contribution in [0.5, 0.6) is 5.75 Å². The first kappa shape index (κ1) is 27.2. The van der Waals surface area contributed by atoms with Gasteiger partial charge in [-0.15, -0.1) is 12.4 Å². The molecule has 1 heterocycles. The molecule has 1 aromatic heterocycles. The Labute approximate surface area is 196 Å². The molecule has 0 aliphatic carbocycles. The molecule has 1 atom stereocenters. The molecule has 32 heavy (non-hydrogen) atoms. The largest absolute Gasteiger partial charge is 0.508 e. The molecule has 0 saturated heterocycles. The predicted octanol–water partition coefficient (Wildman–Crippen LogP) is 4.22. The van der Waals surface area contributed by atoms with Gasteiger partial charge in [0.25, 0.3) is 0 Å². The Bertz CT molecular complexity index is 882. The molecule has 8 heteroatoms. The van der Waals surface area contributed by atoms with Crippen LogP contribution in [0.1, 0.15) is 49.7 Å². The molecule has 176 valence electrons. The van der Waals surface area contributed by atoms with Crippen LogP contribution in [0.4, 0.5) is 4.79 Å². The van der Waals surface area contributed by atoms with E-state index >= 15 is 0 Å². The van der Waals surface area contributed by atoms with Gasteiger partial charge in [-0.2, -0.15) is 0 Å². The number of nitrogens with zero attached hydrogens (tertiary/aromatic N) is 1. The number of benzene rings is 1. The van der Waals surface area contributed by atoms with E-state index in [1.807, 2.05) is 26.0 Å². The molecule has 0 radical (unpaired) electrons. The second-order valence-electron chi connectivity index (χ2n) is 8.57. The summed E-state index contributed by atoms with van der Waals surface area (Å²) in [7, 11) is 0. The van der Waals surface area contributed by atoms with Crippen LogP contribution in [0.3, 0.4) is 0 Å². The van der Waals surface area contributed by atoms with Crippen molar-refractivity contribution < 1.29 is 19.4 Å². The highest BCUT2D eigenvalue weighted by atomic mass is 35.5. The molecule has 0 spiro atoms. The standard InChI is InChI=1S/C24H33N3O4.ClH/c1-16(2)10-11-25-22(29)24(5,14-19-6-8-21(28)9-7-19)27-23(30)31-15-20-12-17(3)26-18(4)13-20;/h6-9,12-13,16,28H,10-11,14-15H2,1-5H3,(H,25,29)(H,27,30);1H/t24-;/m0./s1. The zero-order valence-corrected chi connectivity index (χ0v) is 20.2. The molecule has 7 nitrogen and oxygen atoms in total. The number of nitrogens with one attached hydrogen (secondary N) is 2. The van der Waals surface area contributed by atoms with Crippen LogP contribution < -0.4 is 10.6 Å². The maximum absolute atomic E-state index is 13.0. The van der Waals surface area contributed by atoms with E-state index in [9.17, 15) is 14.7 Å². The average molecular weight is 464 g/mol. The maximum Gasteiger partial charge on any atom is 0.408 e. The molecule has 0 saturated carbocycles. The fourth-order valence-electron chi connectivity index (χ4n) is 3.29. The number of hydrogen-bond donors (Lipinski definition) is 3. The van der Waals surface area contributed by atoms with Crippen LogP contribution in [-0.2, 0) is 22.6 Å². The van der Waals surface area contributed by atoms with Gasteiger partial charge in [-0.3, -0.25) is 9.78 Å². The molecule has 0 fully saturated rings. The number of ether oxygens (including phenoxy) is 1. The molecule has 1 aromatic carbocycles. The molecule has 0 unspecified atom stereocenters. The van der Waals surface area contributed by atoms with Gasteiger partial charge in [-0.05, 0) is 68.5 Å². The predicted molar refractivity (Wildman–Crippen MR) is 127 cm³/mol. The van der Waals surface area contributed by atoms with Gasteiger partial charge in [0.05, 0.1) is 0 Å². The van der Waals surface area contributed by atoms with Crippen molar-refractivity contribution in [1.82, 2.24) is 15.6 Å². The smallest absolute Gasteiger partial charge is 0.408 e. The molecular formula is C24H34ClN3O4. The van der Waals surface area contributed by atoms with Crippen LogP contribution in [0.25, 0.3) is 0 Å². The van der Waals surface area contributed by atoms with Gasteiger partial charge in [-0.25, -0.2) is 4.79 Å². The number of carbonyl (C=O) groups excluding carboxylic acids is 2. The molecular weight excluding hydrogens is 430 g/mol. The van der Waals surface area contributed by atoms with Crippen molar-refractivity contribution in [3.63, 3.8) is 0 Å². The van der Waals surface area contributed by atoms with Crippen LogP contribution in [0.2, 0.25) is 0 Å². The Hall–Kier alpha value is -2.80. The number of amides is 2. The number of pyridine rings is 1. The average Bonchev–Trinajstić information content (AvgIpc) is 2.67. The Kier molecular flexibility index (Phi) is 10.5. The third-order valence-electron chi connectivity index (χ3n) is 4.89. The Balaban J connectivity index is 0.00000512. The van der Waals surface area contributed by atoms with E-state index in [4.69, 9.17) is 4.74 Å². The summed E-state index contributed by atoms with van der Waals surface area (Å²) in [5.41, 5.74) is 2.12. The van der Waals surface area contributed by atoms with Gasteiger partial charge in [0, 0.05) is 24.4 Å². The lowest BCUT2D eigenvalue weighted by Gasteiger charge is -2.29. The minimum atomic E-state index is -1.21. The summed E-state index contributed by atoms with van der Waals surface area (Å²) in [5, 5.41) is 15.2. The van der Waals surface area contributed by atoms with Gasteiger partial charge in [0.1, 0.15) is 17.9 Å². The quantitative estimate of drug-likeness (QED) is 0.517. The summed E-state index contributed by atoms with van der Waals surface area (Å²) < 4.78 is 5.39. The summed E-state index contributed by atoms with van der Waals surface area (Å²) in [4.78, 5) is 29.9. The highest BCUT2D eigenvalue weighted by Crippen LogP contribution is 2.18. The summed E-state index contributed by atoms with van der Waals surface area (Å²) in [5.74, 6) is 0.310. The van der Waals surface area contributed by atoms with Crippen molar-refractivity contribution in [2.75, 3.05) is 6.54 Å². The number of aromatic nitrogens is 1. The Morgan fingerprint density at radius 1 is 1.09 bits per heavy atom. The van der Waals surface area contributed by atoms with Crippen molar-refractivity contribution >= 4 is 24.4 Å². The van der Waals surface area contributed by atoms with E-state index in [2.05, 4.69) is 29.5 Å². The lowest BCUT2D eigenvalue weighted by Crippen LogP contribution is -2.58. The van der Waals surface area contributed by atoms with Crippen molar-refractivity contribution in [1.29, 1.82) is 0 Å². The summed E-state index contributed by atoms with van der Waals surface area (Å²) in [6, 6.07) is 10.3. The molecule has 0 bridgehead atoms.